The van der Waals surface area contributed by atoms with Gasteiger partial charge in [0.2, 0.25) is 0 Å². The first-order valence-corrected chi connectivity index (χ1v) is 6.85. The highest BCUT2D eigenvalue weighted by molar-refractivity contribution is 5.82. The lowest BCUT2D eigenvalue weighted by atomic mass is 10.1. The number of hydrogen-bond acceptors (Lipinski definition) is 3. The van der Waals surface area contributed by atoms with Crippen LogP contribution in [0.2, 0.25) is 0 Å². The highest BCUT2D eigenvalue weighted by atomic mass is 19.1. The first-order chi connectivity index (χ1) is 10.2. The summed E-state index contributed by atoms with van der Waals surface area (Å²) in [6.07, 6.45) is 0. The average molecular weight is 284 g/mol. The molecule has 0 aliphatic heterocycles. The minimum Gasteiger partial charge on any atom is -0.459 e. The summed E-state index contributed by atoms with van der Waals surface area (Å²) in [4.78, 5) is 2.01. The number of anilines is 1. The SMILES string of the molecule is CN(Cc1oc2ccccc2c1CN)c1ccc(F)cc1. The molecule has 0 radical (unpaired) electrons. The summed E-state index contributed by atoms with van der Waals surface area (Å²) < 4.78 is 18.9. The second-order valence-electron chi connectivity index (χ2n) is 5.04. The van der Waals surface area contributed by atoms with Gasteiger partial charge in [0.15, 0.2) is 0 Å². The predicted molar refractivity (Wildman–Crippen MR) is 82.6 cm³/mol. The fourth-order valence-corrected chi connectivity index (χ4v) is 2.50. The maximum absolute atomic E-state index is 13.0. The minimum absolute atomic E-state index is 0.237. The van der Waals surface area contributed by atoms with Crippen molar-refractivity contribution in [2.75, 3.05) is 11.9 Å². The quantitative estimate of drug-likeness (QED) is 0.795. The molecule has 0 unspecified atom stereocenters. The monoisotopic (exact) mass is 284 g/mol. The zero-order valence-electron chi connectivity index (χ0n) is 11.8. The Morgan fingerprint density at radius 1 is 1.10 bits per heavy atom. The van der Waals surface area contributed by atoms with Gasteiger partial charge in [-0.3, -0.25) is 0 Å². The zero-order chi connectivity index (χ0) is 14.8. The van der Waals surface area contributed by atoms with Crippen molar-refractivity contribution in [3.05, 3.63) is 65.7 Å². The van der Waals surface area contributed by atoms with Crippen LogP contribution in [0.15, 0.2) is 52.9 Å². The summed E-state index contributed by atoms with van der Waals surface area (Å²) in [7, 11) is 1.95. The molecule has 0 spiro atoms. The topological polar surface area (TPSA) is 42.4 Å². The molecular weight excluding hydrogens is 267 g/mol. The second kappa shape index (κ2) is 5.58. The van der Waals surface area contributed by atoms with Gasteiger partial charge in [0.25, 0.3) is 0 Å². The van der Waals surface area contributed by atoms with Gasteiger partial charge in [0.1, 0.15) is 17.2 Å². The number of para-hydroxylation sites is 1. The van der Waals surface area contributed by atoms with E-state index >= 15 is 0 Å². The standard InChI is InChI=1S/C17H17FN2O/c1-20(13-8-6-12(18)7-9-13)11-17-15(10-19)14-4-2-3-5-16(14)21-17/h2-9H,10-11,19H2,1H3. The van der Waals surface area contributed by atoms with E-state index < -0.39 is 0 Å². The van der Waals surface area contributed by atoms with Crippen molar-refractivity contribution in [1.82, 2.24) is 0 Å². The van der Waals surface area contributed by atoms with Gasteiger partial charge < -0.3 is 15.1 Å². The van der Waals surface area contributed by atoms with E-state index in [1.165, 1.54) is 12.1 Å². The van der Waals surface area contributed by atoms with E-state index in [4.69, 9.17) is 10.2 Å². The van der Waals surface area contributed by atoms with Gasteiger partial charge in [-0.2, -0.15) is 0 Å². The van der Waals surface area contributed by atoms with Gasteiger partial charge in [-0.25, -0.2) is 4.39 Å². The number of benzene rings is 2. The lowest BCUT2D eigenvalue weighted by molar-refractivity contribution is 0.539. The van der Waals surface area contributed by atoms with Crippen molar-refractivity contribution in [2.45, 2.75) is 13.1 Å². The molecular formula is C17H17FN2O. The van der Waals surface area contributed by atoms with E-state index in [1.54, 1.807) is 12.1 Å². The van der Waals surface area contributed by atoms with Crippen molar-refractivity contribution in [1.29, 1.82) is 0 Å². The van der Waals surface area contributed by atoms with Crippen molar-refractivity contribution in [3.8, 4) is 0 Å². The van der Waals surface area contributed by atoms with E-state index in [0.29, 0.717) is 13.1 Å². The van der Waals surface area contributed by atoms with Crippen LogP contribution in [0.3, 0.4) is 0 Å². The van der Waals surface area contributed by atoms with E-state index in [0.717, 1.165) is 28.0 Å². The number of nitrogens with two attached hydrogens (primary N) is 1. The van der Waals surface area contributed by atoms with Crippen molar-refractivity contribution in [3.63, 3.8) is 0 Å². The molecule has 3 nitrogen and oxygen atoms in total. The maximum Gasteiger partial charge on any atom is 0.134 e. The fourth-order valence-electron chi connectivity index (χ4n) is 2.50. The third-order valence-electron chi connectivity index (χ3n) is 3.63. The highest BCUT2D eigenvalue weighted by Crippen LogP contribution is 2.27. The summed E-state index contributed by atoms with van der Waals surface area (Å²) >= 11 is 0. The Balaban J connectivity index is 1.92. The third kappa shape index (κ3) is 2.62. The first kappa shape index (κ1) is 13.6. The smallest absolute Gasteiger partial charge is 0.134 e. The Labute approximate surface area is 122 Å². The number of fused-ring (bicyclic) bond motifs is 1. The molecule has 0 aliphatic rings. The first-order valence-electron chi connectivity index (χ1n) is 6.85. The van der Waals surface area contributed by atoms with Gasteiger partial charge >= 0.3 is 0 Å². The van der Waals surface area contributed by atoms with Gasteiger partial charge in [-0.05, 0) is 30.3 Å². The average Bonchev–Trinajstić information content (AvgIpc) is 2.84. The molecule has 3 aromatic rings. The van der Waals surface area contributed by atoms with Crippen LogP contribution in [0.4, 0.5) is 10.1 Å². The number of rotatable bonds is 4. The second-order valence-corrected chi connectivity index (χ2v) is 5.04. The highest BCUT2D eigenvalue weighted by Gasteiger charge is 2.14. The normalized spacial score (nSPS) is 11.0. The maximum atomic E-state index is 13.0. The van der Waals surface area contributed by atoms with Crippen LogP contribution in [0.1, 0.15) is 11.3 Å². The van der Waals surface area contributed by atoms with Crippen molar-refractivity contribution >= 4 is 16.7 Å². The molecule has 0 atom stereocenters. The summed E-state index contributed by atoms with van der Waals surface area (Å²) in [5.74, 6) is 0.615. The van der Waals surface area contributed by atoms with Crippen LogP contribution in [-0.2, 0) is 13.1 Å². The van der Waals surface area contributed by atoms with Crippen LogP contribution in [0.5, 0.6) is 0 Å². The molecule has 0 aliphatic carbocycles. The van der Waals surface area contributed by atoms with Crippen LogP contribution in [0, 0.1) is 5.82 Å². The largest absolute Gasteiger partial charge is 0.459 e. The van der Waals surface area contributed by atoms with Gasteiger partial charge in [0.05, 0.1) is 6.54 Å². The number of hydrogen-bond donors (Lipinski definition) is 1. The van der Waals surface area contributed by atoms with E-state index in [9.17, 15) is 4.39 Å². The van der Waals surface area contributed by atoms with Gasteiger partial charge in [0, 0.05) is 30.2 Å². The molecule has 108 valence electrons. The van der Waals surface area contributed by atoms with Crippen LogP contribution >= 0.6 is 0 Å². The molecule has 2 N–H and O–H groups in total. The van der Waals surface area contributed by atoms with E-state index in [2.05, 4.69) is 0 Å². The van der Waals surface area contributed by atoms with E-state index in [-0.39, 0.29) is 5.82 Å². The van der Waals surface area contributed by atoms with Gasteiger partial charge in [-0.15, -0.1) is 0 Å². The molecule has 0 saturated heterocycles. The molecule has 2 aromatic carbocycles. The van der Waals surface area contributed by atoms with Crippen LogP contribution in [-0.4, -0.2) is 7.05 Å². The Bertz CT molecular complexity index is 749. The molecule has 0 saturated carbocycles. The lowest BCUT2D eigenvalue weighted by Gasteiger charge is -2.18. The van der Waals surface area contributed by atoms with Gasteiger partial charge in [-0.1, -0.05) is 18.2 Å². The minimum atomic E-state index is -0.237. The Hall–Kier alpha value is -2.33. The number of nitrogens with zero attached hydrogens (tertiary/aromatic N) is 1. The molecule has 3 rings (SSSR count). The summed E-state index contributed by atoms with van der Waals surface area (Å²) in [6.45, 7) is 1.02. The zero-order valence-corrected chi connectivity index (χ0v) is 11.8. The summed E-state index contributed by atoms with van der Waals surface area (Å²) in [6, 6.07) is 14.3. The summed E-state index contributed by atoms with van der Waals surface area (Å²) in [5.41, 5.74) is 8.67. The van der Waals surface area contributed by atoms with Crippen molar-refractivity contribution in [2.24, 2.45) is 5.73 Å². The third-order valence-corrected chi connectivity index (χ3v) is 3.63. The Morgan fingerprint density at radius 3 is 2.52 bits per heavy atom. The molecule has 21 heavy (non-hydrogen) atoms. The Morgan fingerprint density at radius 2 is 1.81 bits per heavy atom. The molecule has 0 amide bonds. The van der Waals surface area contributed by atoms with Crippen LogP contribution in [0.25, 0.3) is 11.0 Å². The number of halogens is 1. The fraction of sp³-hybridized carbons (Fsp3) is 0.176. The predicted octanol–water partition coefficient (Wildman–Crippen LogP) is 3.67. The van der Waals surface area contributed by atoms with E-state index in [1.807, 2.05) is 36.2 Å². The molecule has 1 aromatic heterocycles. The molecule has 0 fully saturated rings. The Kier molecular flexibility index (Phi) is 3.62. The summed E-state index contributed by atoms with van der Waals surface area (Å²) in [5, 5.41) is 1.06. The lowest BCUT2D eigenvalue weighted by Crippen LogP contribution is -2.17. The number of furan rings is 1. The van der Waals surface area contributed by atoms with Crippen LogP contribution < -0.4 is 10.6 Å². The molecule has 1 heterocycles. The molecule has 4 heteroatoms. The molecule has 0 bridgehead atoms. The van der Waals surface area contributed by atoms with Crippen molar-refractivity contribution < 1.29 is 8.81 Å².